The molecule has 3 heteroatoms. The lowest BCUT2D eigenvalue weighted by Crippen LogP contribution is -2.48. The summed E-state index contributed by atoms with van der Waals surface area (Å²) in [6.07, 6.45) is 0.416. The number of nitrogens with zero attached hydrogens (tertiary/aromatic N) is 1. The van der Waals surface area contributed by atoms with Crippen molar-refractivity contribution >= 4 is 5.78 Å². The summed E-state index contributed by atoms with van der Waals surface area (Å²) in [5.41, 5.74) is 0.220. The third-order valence-corrected chi connectivity index (χ3v) is 3.07. The first-order valence-electron chi connectivity index (χ1n) is 5.40. The molecule has 3 nitrogen and oxygen atoms in total. The van der Waals surface area contributed by atoms with E-state index in [2.05, 4.69) is 0 Å². The molecule has 0 aromatic heterocycles. The van der Waals surface area contributed by atoms with Gasteiger partial charge in [0.15, 0.2) is 5.78 Å². The summed E-state index contributed by atoms with van der Waals surface area (Å²) in [6.45, 7) is 1.56. The van der Waals surface area contributed by atoms with E-state index in [0.29, 0.717) is 6.42 Å². The average molecular weight is 221 g/mol. The minimum absolute atomic E-state index is 0.00729. The van der Waals surface area contributed by atoms with Crippen LogP contribution in [0.5, 0.6) is 0 Å². The van der Waals surface area contributed by atoms with E-state index in [1.807, 2.05) is 49.3 Å². The van der Waals surface area contributed by atoms with Crippen molar-refractivity contribution in [2.24, 2.45) is 0 Å². The van der Waals surface area contributed by atoms with Gasteiger partial charge in [-0.2, -0.15) is 0 Å². The van der Waals surface area contributed by atoms with Crippen LogP contribution in [0.25, 0.3) is 0 Å². The van der Waals surface area contributed by atoms with Crippen LogP contribution < -0.4 is 0 Å². The molecule has 0 bridgehead atoms. The number of carbonyl (C=O) groups is 1. The lowest BCUT2D eigenvalue weighted by atomic mass is 9.82. The fraction of sp³-hybridized carbons (Fsp3) is 0.462. The van der Waals surface area contributed by atoms with Crippen molar-refractivity contribution in [2.75, 3.05) is 20.7 Å². The Balaban J connectivity index is 3.27. The Morgan fingerprint density at radius 3 is 2.25 bits per heavy atom. The van der Waals surface area contributed by atoms with Gasteiger partial charge < -0.3 is 5.11 Å². The van der Waals surface area contributed by atoms with Crippen LogP contribution in [0.1, 0.15) is 18.9 Å². The Kier molecular flexibility index (Phi) is 4.21. The second-order valence-corrected chi connectivity index (χ2v) is 4.15. The number of rotatable bonds is 5. The molecule has 0 fully saturated rings. The number of carbonyl (C=O) groups excluding carboxylic acids is 1. The average Bonchev–Trinajstić information content (AvgIpc) is 2.26. The van der Waals surface area contributed by atoms with E-state index in [0.717, 1.165) is 5.56 Å². The van der Waals surface area contributed by atoms with Gasteiger partial charge in [-0.05, 0) is 26.6 Å². The highest BCUT2D eigenvalue weighted by Crippen LogP contribution is 2.31. The topological polar surface area (TPSA) is 40.5 Å². The zero-order chi connectivity index (χ0) is 12.2. The number of hydrogen-bond acceptors (Lipinski definition) is 3. The minimum Gasteiger partial charge on any atom is -0.396 e. The third kappa shape index (κ3) is 2.15. The van der Waals surface area contributed by atoms with E-state index in [1.165, 1.54) is 0 Å². The Morgan fingerprint density at radius 2 is 1.88 bits per heavy atom. The molecule has 1 rings (SSSR count). The quantitative estimate of drug-likeness (QED) is 0.817. The molecular weight excluding hydrogens is 202 g/mol. The molecule has 1 aromatic rings. The summed E-state index contributed by atoms with van der Waals surface area (Å²) in [6, 6.07) is 9.60. The molecule has 1 aromatic carbocycles. The molecule has 1 unspecified atom stereocenters. The van der Waals surface area contributed by atoms with Crippen LogP contribution in [0.3, 0.4) is 0 Å². The van der Waals surface area contributed by atoms with E-state index >= 15 is 0 Å². The molecular formula is C13H19NO2. The second kappa shape index (κ2) is 5.23. The number of likely N-dealkylation sites (N-methyl/N-ethyl adjacent to an activating group) is 1. The van der Waals surface area contributed by atoms with Gasteiger partial charge >= 0.3 is 0 Å². The van der Waals surface area contributed by atoms with Gasteiger partial charge in [-0.25, -0.2) is 0 Å². The standard InChI is InChI=1S/C13H19NO2/c1-11(16)13(9-10-15,14(2)3)12-7-5-4-6-8-12/h4-8,15H,9-10H2,1-3H3. The summed E-state index contributed by atoms with van der Waals surface area (Å²) in [5, 5.41) is 9.18. The molecule has 0 aliphatic heterocycles. The van der Waals surface area contributed by atoms with Crippen molar-refractivity contribution in [1.29, 1.82) is 0 Å². The van der Waals surface area contributed by atoms with Gasteiger partial charge in [0.2, 0.25) is 0 Å². The van der Waals surface area contributed by atoms with E-state index in [9.17, 15) is 9.90 Å². The van der Waals surface area contributed by atoms with Gasteiger partial charge in [0.25, 0.3) is 0 Å². The van der Waals surface area contributed by atoms with E-state index in [4.69, 9.17) is 0 Å². The van der Waals surface area contributed by atoms with E-state index < -0.39 is 5.54 Å². The molecule has 0 aliphatic rings. The van der Waals surface area contributed by atoms with Crippen molar-refractivity contribution in [2.45, 2.75) is 18.9 Å². The van der Waals surface area contributed by atoms with Crippen LogP contribution in [0.15, 0.2) is 30.3 Å². The summed E-state index contributed by atoms with van der Waals surface area (Å²) in [4.78, 5) is 13.8. The predicted molar refractivity (Wildman–Crippen MR) is 64.2 cm³/mol. The molecule has 0 amide bonds. The normalized spacial score (nSPS) is 14.8. The predicted octanol–water partition coefficient (Wildman–Crippen LogP) is 1.41. The lowest BCUT2D eigenvalue weighted by Gasteiger charge is -2.37. The highest BCUT2D eigenvalue weighted by molar-refractivity contribution is 5.87. The van der Waals surface area contributed by atoms with Crippen LogP contribution in [0, 0.1) is 0 Å². The zero-order valence-electron chi connectivity index (χ0n) is 10.1. The number of benzene rings is 1. The maximum Gasteiger partial charge on any atom is 0.154 e. The molecule has 1 N–H and O–H groups in total. The molecule has 0 aliphatic carbocycles. The Labute approximate surface area is 96.7 Å². The van der Waals surface area contributed by atoms with Gasteiger partial charge in [0.05, 0.1) is 0 Å². The van der Waals surface area contributed by atoms with Crippen molar-refractivity contribution < 1.29 is 9.90 Å². The van der Waals surface area contributed by atoms with Crippen molar-refractivity contribution in [1.82, 2.24) is 4.90 Å². The van der Waals surface area contributed by atoms with Crippen molar-refractivity contribution in [3.8, 4) is 0 Å². The van der Waals surface area contributed by atoms with Crippen LogP contribution in [-0.2, 0) is 10.3 Å². The van der Waals surface area contributed by atoms with Gasteiger partial charge in [-0.3, -0.25) is 9.69 Å². The first-order valence-corrected chi connectivity index (χ1v) is 5.40. The molecule has 1 atom stereocenters. The minimum atomic E-state index is -0.712. The maximum absolute atomic E-state index is 11.9. The van der Waals surface area contributed by atoms with Crippen LogP contribution in [0.2, 0.25) is 0 Å². The Morgan fingerprint density at radius 1 is 1.31 bits per heavy atom. The molecule has 0 radical (unpaired) electrons. The zero-order valence-corrected chi connectivity index (χ0v) is 10.1. The molecule has 88 valence electrons. The number of hydrogen-bond donors (Lipinski definition) is 1. The van der Waals surface area contributed by atoms with Gasteiger partial charge in [0, 0.05) is 13.0 Å². The highest BCUT2D eigenvalue weighted by atomic mass is 16.3. The molecule has 0 saturated heterocycles. The molecule has 16 heavy (non-hydrogen) atoms. The monoisotopic (exact) mass is 221 g/mol. The summed E-state index contributed by atoms with van der Waals surface area (Å²) in [7, 11) is 3.73. The maximum atomic E-state index is 11.9. The second-order valence-electron chi connectivity index (χ2n) is 4.15. The van der Waals surface area contributed by atoms with E-state index in [-0.39, 0.29) is 12.4 Å². The number of Topliss-reactive ketones (excluding diaryl/α,β-unsaturated/α-hetero) is 1. The number of aliphatic hydroxyl groups is 1. The molecule has 0 saturated carbocycles. The number of ketones is 1. The third-order valence-electron chi connectivity index (χ3n) is 3.07. The summed E-state index contributed by atoms with van der Waals surface area (Å²) >= 11 is 0. The van der Waals surface area contributed by atoms with Crippen LogP contribution in [-0.4, -0.2) is 36.5 Å². The largest absolute Gasteiger partial charge is 0.396 e. The van der Waals surface area contributed by atoms with Crippen molar-refractivity contribution in [3.05, 3.63) is 35.9 Å². The smallest absolute Gasteiger partial charge is 0.154 e. The van der Waals surface area contributed by atoms with E-state index in [1.54, 1.807) is 6.92 Å². The lowest BCUT2D eigenvalue weighted by molar-refractivity contribution is -0.129. The van der Waals surface area contributed by atoms with Crippen LogP contribution >= 0.6 is 0 Å². The summed E-state index contributed by atoms with van der Waals surface area (Å²) in [5.74, 6) is 0.0535. The number of aliphatic hydroxyl groups excluding tert-OH is 1. The SMILES string of the molecule is CC(=O)C(CCO)(c1ccccc1)N(C)C. The first kappa shape index (κ1) is 12.9. The fourth-order valence-corrected chi connectivity index (χ4v) is 2.20. The highest BCUT2D eigenvalue weighted by Gasteiger charge is 2.38. The molecule has 0 spiro atoms. The van der Waals surface area contributed by atoms with Crippen molar-refractivity contribution in [3.63, 3.8) is 0 Å². The van der Waals surface area contributed by atoms with Crippen LogP contribution in [0.4, 0.5) is 0 Å². The summed E-state index contributed by atoms with van der Waals surface area (Å²) < 4.78 is 0. The molecule has 0 heterocycles. The van der Waals surface area contributed by atoms with Gasteiger partial charge in [-0.15, -0.1) is 0 Å². The first-order chi connectivity index (χ1) is 7.55. The van der Waals surface area contributed by atoms with Gasteiger partial charge in [0.1, 0.15) is 5.54 Å². The Hall–Kier alpha value is -1.19. The van der Waals surface area contributed by atoms with Gasteiger partial charge in [-0.1, -0.05) is 30.3 Å². The fourth-order valence-electron chi connectivity index (χ4n) is 2.20. The Bertz CT molecular complexity index is 348.